The van der Waals surface area contributed by atoms with Crippen molar-refractivity contribution in [2.75, 3.05) is 59.6 Å². The molecule has 1 atom stereocenters. The van der Waals surface area contributed by atoms with Crippen LogP contribution in [0, 0.1) is 5.92 Å². The van der Waals surface area contributed by atoms with Gasteiger partial charge in [0.1, 0.15) is 0 Å². The summed E-state index contributed by atoms with van der Waals surface area (Å²) in [5.41, 5.74) is 0. The standard InChI is InChI=1S/C18H36N4O2.HI/c1-3-24-17(16-6-4-5-7-16)8-9-20-18(19-2)21-10-11-22-12-14-23-15-13-22;/h16-17H,3-15H2,1-2H3,(H2,19,20,21);1H. The minimum Gasteiger partial charge on any atom is -0.379 e. The number of guanidine groups is 1. The van der Waals surface area contributed by atoms with Gasteiger partial charge in [-0.2, -0.15) is 0 Å². The van der Waals surface area contributed by atoms with Gasteiger partial charge in [-0.25, -0.2) is 0 Å². The maximum absolute atomic E-state index is 5.98. The van der Waals surface area contributed by atoms with Crippen molar-refractivity contribution in [3.8, 4) is 0 Å². The van der Waals surface area contributed by atoms with Gasteiger partial charge in [0.2, 0.25) is 0 Å². The number of halogens is 1. The van der Waals surface area contributed by atoms with Crippen molar-refractivity contribution in [1.82, 2.24) is 15.5 Å². The average molecular weight is 468 g/mol. The van der Waals surface area contributed by atoms with Crippen LogP contribution in [0.1, 0.15) is 39.0 Å². The molecule has 1 aliphatic heterocycles. The van der Waals surface area contributed by atoms with E-state index in [2.05, 4.69) is 27.4 Å². The lowest BCUT2D eigenvalue weighted by molar-refractivity contribution is 0.0169. The fourth-order valence-electron chi connectivity index (χ4n) is 3.71. The molecule has 0 aromatic heterocycles. The first-order valence-electron chi connectivity index (χ1n) is 9.69. The first-order valence-corrected chi connectivity index (χ1v) is 9.69. The number of hydrogen-bond acceptors (Lipinski definition) is 4. The molecular formula is C18H37IN4O2. The molecule has 1 aliphatic carbocycles. The van der Waals surface area contributed by atoms with Crippen LogP contribution in [0.2, 0.25) is 0 Å². The number of nitrogens with one attached hydrogen (secondary N) is 2. The highest BCUT2D eigenvalue weighted by Gasteiger charge is 2.25. The summed E-state index contributed by atoms with van der Waals surface area (Å²) < 4.78 is 11.4. The first-order chi connectivity index (χ1) is 11.8. The maximum Gasteiger partial charge on any atom is 0.191 e. The quantitative estimate of drug-likeness (QED) is 0.309. The minimum atomic E-state index is 0. The first kappa shape index (κ1) is 22.9. The molecule has 2 N–H and O–H groups in total. The second-order valence-electron chi connectivity index (χ2n) is 6.71. The van der Waals surface area contributed by atoms with Gasteiger partial charge in [-0.1, -0.05) is 12.8 Å². The van der Waals surface area contributed by atoms with E-state index in [0.717, 1.165) is 70.8 Å². The van der Waals surface area contributed by atoms with Gasteiger partial charge in [-0.05, 0) is 32.1 Å². The second-order valence-corrected chi connectivity index (χ2v) is 6.71. The molecule has 1 saturated carbocycles. The summed E-state index contributed by atoms with van der Waals surface area (Å²) in [6, 6.07) is 0. The van der Waals surface area contributed by atoms with Gasteiger partial charge < -0.3 is 20.1 Å². The Morgan fingerprint density at radius 3 is 2.52 bits per heavy atom. The molecular weight excluding hydrogens is 431 g/mol. The predicted molar refractivity (Wildman–Crippen MR) is 114 cm³/mol. The number of ether oxygens (including phenoxy) is 2. The van der Waals surface area contributed by atoms with Gasteiger partial charge >= 0.3 is 0 Å². The van der Waals surface area contributed by atoms with Crippen LogP contribution in [-0.2, 0) is 9.47 Å². The van der Waals surface area contributed by atoms with Crippen molar-refractivity contribution in [3.05, 3.63) is 0 Å². The van der Waals surface area contributed by atoms with Crippen molar-refractivity contribution >= 4 is 29.9 Å². The van der Waals surface area contributed by atoms with E-state index in [0.29, 0.717) is 6.10 Å². The summed E-state index contributed by atoms with van der Waals surface area (Å²) in [6.07, 6.45) is 6.85. The highest BCUT2D eigenvalue weighted by atomic mass is 127. The molecule has 0 aromatic carbocycles. The molecule has 7 heteroatoms. The van der Waals surface area contributed by atoms with Crippen LogP contribution in [0.3, 0.4) is 0 Å². The van der Waals surface area contributed by atoms with Crippen LogP contribution in [0.4, 0.5) is 0 Å². The Labute approximate surface area is 170 Å². The number of nitrogens with zero attached hydrogens (tertiary/aromatic N) is 2. The van der Waals surface area contributed by atoms with Crippen LogP contribution in [-0.4, -0.2) is 76.6 Å². The van der Waals surface area contributed by atoms with Crippen molar-refractivity contribution in [3.63, 3.8) is 0 Å². The molecule has 1 saturated heterocycles. The van der Waals surface area contributed by atoms with Crippen LogP contribution < -0.4 is 10.6 Å². The number of rotatable bonds is 9. The van der Waals surface area contributed by atoms with E-state index in [1.165, 1.54) is 25.7 Å². The van der Waals surface area contributed by atoms with E-state index in [4.69, 9.17) is 9.47 Å². The molecule has 6 nitrogen and oxygen atoms in total. The summed E-state index contributed by atoms with van der Waals surface area (Å²) in [4.78, 5) is 6.75. The predicted octanol–water partition coefficient (Wildman–Crippen LogP) is 2.09. The van der Waals surface area contributed by atoms with Crippen molar-refractivity contribution in [2.24, 2.45) is 10.9 Å². The lowest BCUT2D eigenvalue weighted by Gasteiger charge is -2.27. The van der Waals surface area contributed by atoms with Gasteiger partial charge in [0.25, 0.3) is 0 Å². The van der Waals surface area contributed by atoms with E-state index in [-0.39, 0.29) is 24.0 Å². The smallest absolute Gasteiger partial charge is 0.191 e. The highest BCUT2D eigenvalue weighted by molar-refractivity contribution is 14.0. The summed E-state index contributed by atoms with van der Waals surface area (Å²) >= 11 is 0. The van der Waals surface area contributed by atoms with Gasteiger partial charge in [-0.15, -0.1) is 24.0 Å². The lowest BCUT2D eigenvalue weighted by Crippen LogP contribution is -2.45. The van der Waals surface area contributed by atoms with Crippen LogP contribution >= 0.6 is 24.0 Å². The van der Waals surface area contributed by atoms with E-state index >= 15 is 0 Å². The summed E-state index contributed by atoms with van der Waals surface area (Å²) in [5.74, 6) is 1.65. The average Bonchev–Trinajstić information content (AvgIpc) is 3.15. The Balaban J connectivity index is 0.00000312. The Morgan fingerprint density at radius 1 is 1.20 bits per heavy atom. The molecule has 2 aliphatic rings. The molecule has 1 unspecified atom stereocenters. The second kappa shape index (κ2) is 14.0. The molecule has 2 rings (SSSR count). The molecule has 2 fully saturated rings. The molecule has 0 amide bonds. The van der Waals surface area contributed by atoms with Gasteiger partial charge in [0, 0.05) is 46.4 Å². The molecule has 148 valence electrons. The molecule has 0 aromatic rings. The molecule has 0 spiro atoms. The lowest BCUT2D eigenvalue weighted by atomic mass is 9.98. The van der Waals surface area contributed by atoms with Gasteiger partial charge in [0.15, 0.2) is 5.96 Å². The van der Waals surface area contributed by atoms with E-state index in [1.54, 1.807) is 0 Å². The number of aliphatic imine (C=N–C) groups is 1. The Hall–Kier alpha value is -0.120. The van der Waals surface area contributed by atoms with Crippen molar-refractivity contribution in [2.45, 2.75) is 45.1 Å². The summed E-state index contributed by atoms with van der Waals surface area (Å²) in [7, 11) is 1.83. The molecule has 25 heavy (non-hydrogen) atoms. The largest absolute Gasteiger partial charge is 0.379 e. The van der Waals surface area contributed by atoms with E-state index in [9.17, 15) is 0 Å². The maximum atomic E-state index is 5.98. The highest BCUT2D eigenvalue weighted by Crippen LogP contribution is 2.30. The van der Waals surface area contributed by atoms with E-state index in [1.807, 2.05) is 7.05 Å². The van der Waals surface area contributed by atoms with Gasteiger partial charge in [-0.3, -0.25) is 9.89 Å². The van der Waals surface area contributed by atoms with E-state index < -0.39 is 0 Å². The monoisotopic (exact) mass is 468 g/mol. The van der Waals surface area contributed by atoms with Crippen LogP contribution in [0.15, 0.2) is 4.99 Å². The molecule has 0 radical (unpaired) electrons. The SMILES string of the molecule is CCOC(CCNC(=NC)NCCN1CCOCC1)C1CCCC1.I. The van der Waals surface area contributed by atoms with Gasteiger partial charge in [0.05, 0.1) is 19.3 Å². The van der Waals surface area contributed by atoms with Crippen molar-refractivity contribution in [1.29, 1.82) is 0 Å². The Morgan fingerprint density at radius 2 is 1.88 bits per heavy atom. The normalized spacial score (nSPS) is 21.0. The third kappa shape index (κ3) is 8.88. The van der Waals surface area contributed by atoms with Crippen molar-refractivity contribution < 1.29 is 9.47 Å². The fourth-order valence-corrected chi connectivity index (χ4v) is 3.71. The number of hydrogen-bond donors (Lipinski definition) is 2. The zero-order valence-electron chi connectivity index (χ0n) is 16.0. The van der Waals surface area contributed by atoms with Crippen LogP contribution in [0.5, 0.6) is 0 Å². The third-order valence-corrected chi connectivity index (χ3v) is 5.08. The Bertz CT molecular complexity index is 359. The Kier molecular flexibility index (Phi) is 12.8. The third-order valence-electron chi connectivity index (χ3n) is 5.08. The zero-order chi connectivity index (χ0) is 17.0. The molecule has 0 bridgehead atoms. The minimum absolute atomic E-state index is 0. The topological polar surface area (TPSA) is 58.1 Å². The summed E-state index contributed by atoms with van der Waals surface area (Å²) in [5, 5.41) is 6.84. The number of morpholine rings is 1. The fraction of sp³-hybridized carbons (Fsp3) is 0.944. The molecule has 1 heterocycles. The zero-order valence-corrected chi connectivity index (χ0v) is 18.3. The summed E-state index contributed by atoms with van der Waals surface area (Å²) in [6.45, 7) is 9.55. The van der Waals surface area contributed by atoms with Crippen LogP contribution in [0.25, 0.3) is 0 Å².